The molecule has 29 heavy (non-hydrogen) atoms. The Kier molecular flexibility index (Phi) is 11.0. The van der Waals surface area contributed by atoms with Gasteiger partial charge in [0, 0.05) is 42.3 Å². The van der Waals surface area contributed by atoms with Crippen LogP contribution in [0.25, 0.3) is 0 Å². The van der Waals surface area contributed by atoms with Crippen molar-refractivity contribution in [3.63, 3.8) is 0 Å². The summed E-state index contributed by atoms with van der Waals surface area (Å²) in [6, 6.07) is 11.9. The molecule has 0 aliphatic rings. The second-order valence-corrected chi connectivity index (χ2v) is 7.34. The van der Waals surface area contributed by atoms with Crippen LogP contribution in [0.15, 0.2) is 45.9 Å². The number of nitrogens with zero attached hydrogens (tertiary/aromatic N) is 1. The van der Waals surface area contributed by atoms with Gasteiger partial charge in [0.15, 0.2) is 5.96 Å². The molecule has 0 radical (unpaired) electrons. The topological polar surface area (TPSA) is 74.8 Å². The van der Waals surface area contributed by atoms with Gasteiger partial charge in [0.2, 0.25) is 5.91 Å². The molecular weight excluding hydrogens is 547 g/mol. The predicted octanol–water partition coefficient (Wildman–Crippen LogP) is 4.39. The molecule has 0 saturated heterocycles. The molecule has 0 fully saturated rings. The van der Waals surface area contributed by atoms with Crippen LogP contribution in [0, 0.1) is 13.8 Å². The van der Waals surface area contributed by atoms with E-state index in [-0.39, 0.29) is 29.9 Å². The molecular formula is C21H28BrIN4O2. The summed E-state index contributed by atoms with van der Waals surface area (Å²) < 4.78 is 6.36. The molecule has 6 nitrogen and oxygen atoms in total. The molecule has 8 heteroatoms. The van der Waals surface area contributed by atoms with E-state index in [4.69, 9.17) is 4.74 Å². The van der Waals surface area contributed by atoms with Crippen molar-refractivity contribution in [1.82, 2.24) is 10.6 Å². The quantitative estimate of drug-likeness (QED) is 0.260. The SMILES string of the molecule is CN=C(NCCC(=O)Nc1cc(Br)ccc1C)NCc1ccc(C)cc1OC.I. The molecule has 0 heterocycles. The van der Waals surface area contributed by atoms with Gasteiger partial charge in [-0.3, -0.25) is 9.79 Å². The van der Waals surface area contributed by atoms with Crippen molar-refractivity contribution in [2.24, 2.45) is 4.99 Å². The van der Waals surface area contributed by atoms with E-state index < -0.39 is 0 Å². The van der Waals surface area contributed by atoms with Crippen molar-refractivity contribution < 1.29 is 9.53 Å². The Bertz CT molecular complexity index is 859. The van der Waals surface area contributed by atoms with Crippen LogP contribution >= 0.6 is 39.9 Å². The Morgan fingerprint density at radius 3 is 2.59 bits per heavy atom. The van der Waals surface area contributed by atoms with Crippen molar-refractivity contribution in [2.75, 3.05) is 26.0 Å². The van der Waals surface area contributed by atoms with Gasteiger partial charge >= 0.3 is 0 Å². The van der Waals surface area contributed by atoms with Crippen LogP contribution in [0.1, 0.15) is 23.1 Å². The average molecular weight is 575 g/mol. The van der Waals surface area contributed by atoms with Crippen LogP contribution in [0.3, 0.4) is 0 Å². The molecule has 1 amide bonds. The van der Waals surface area contributed by atoms with Gasteiger partial charge in [0.25, 0.3) is 0 Å². The van der Waals surface area contributed by atoms with E-state index in [1.54, 1.807) is 14.2 Å². The van der Waals surface area contributed by atoms with Gasteiger partial charge in [0.05, 0.1) is 7.11 Å². The van der Waals surface area contributed by atoms with Crippen LogP contribution in [0.2, 0.25) is 0 Å². The highest BCUT2D eigenvalue weighted by Gasteiger charge is 2.07. The largest absolute Gasteiger partial charge is 0.496 e. The number of methoxy groups -OCH3 is 1. The maximum atomic E-state index is 12.2. The summed E-state index contributed by atoms with van der Waals surface area (Å²) >= 11 is 3.42. The van der Waals surface area contributed by atoms with E-state index in [1.807, 2.05) is 50.2 Å². The fraction of sp³-hybridized carbons (Fsp3) is 0.333. The molecule has 0 spiro atoms. The van der Waals surface area contributed by atoms with Gasteiger partial charge in [-0.05, 0) is 43.2 Å². The van der Waals surface area contributed by atoms with E-state index in [2.05, 4.69) is 36.9 Å². The Labute approximate surface area is 198 Å². The highest BCUT2D eigenvalue weighted by Crippen LogP contribution is 2.21. The van der Waals surface area contributed by atoms with Crippen LogP contribution in [-0.4, -0.2) is 32.6 Å². The first-order valence-electron chi connectivity index (χ1n) is 9.07. The number of anilines is 1. The minimum atomic E-state index is -0.0515. The third-order valence-corrected chi connectivity index (χ3v) is 4.72. The number of guanidine groups is 1. The molecule has 0 aliphatic carbocycles. The Hall–Kier alpha value is -1.81. The zero-order valence-corrected chi connectivity index (χ0v) is 21.1. The summed E-state index contributed by atoms with van der Waals surface area (Å²) in [5.74, 6) is 1.42. The van der Waals surface area contributed by atoms with Crippen LogP contribution < -0.4 is 20.7 Å². The molecule has 0 bridgehead atoms. The van der Waals surface area contributed by atoms with E-state index >= 15 is 0 Å². The number of hydrogen-bond acceptors (Lipinski definition) is 3. The van der Waals surface area contributed by atoms with Crippen molar-refractivity contribution in [3.05, 3.63) is 57.6 Å². The lowest BCUT2D eigenvalue weighted by atomic mass is 10.1. The lowest BCUT2D eigenvalue weighted by Crippen LogP contribution is -2.38. The predicted molar refractivity (Wildman–Crippen MR) is 133 cm³/mol. The van der Waals surface area contributed by atoms with Crippen LogP contribution in [-0.2, 0) is 11.3 Å². The number of carbonyl (C=O) groups excluding carboxylic acids is 1. The van der Waals surface area contributed by atoms with Gasteiger partial charge in [-0.25, -0.2) is 0 Å². The summed E-state index contributed by atoms with van der Waals surface area (Å²) in [4.78, 5) is 16.4. The zero-order valence-electron chi connectivity index (χ0n) is 17.1. The number of nitrogens with one attached hydrogen (secondary N) is 3. The summed E-state index contributed by atoms with van der Waals surface area (Å²) in [6.45, 7) is 5.04. The lowest BCUT2D eigenvalue weighted by molar-refractivity contribution is -0.116. The second-order valence-electron chi connectivity index (χ2n) is 6.43. The minimum absolute atomic E-state index is 0. The Morgan fingerprint density at radius 1 is 1.14 bits per heavy atom. The van der Waals surface area contributed by atoms with Gasteiger partial charge in [-0.15, -0.1) is 24.0 Å². The first kappa shape index (κ1) is 25.2. The molecule has 0 aromatic heterocycles. The zero-order chi connectivity index (χ0) is 20.5. The number of amides is 1. The maximum Gasteiger partial charge on any atom is 0.226 e. The molecule has 2 aromatic rings. The fourth-order valence-corrected chi connectivity index (χ4v) is 2.99. The van der Waals surface area contributed by atoms with E-state index in [1.165, 1.54) is 0 Å². The van der Waals surface area contributed by atoms with Crippen molar-refractivity contribution >= 4 is 57.5 Å². The Morgan fingerprint density at radius 2 is 1.90 bits per heavy atom. The van der Waals surface area contributed by atoms with Crippen molar-refractivity contribution in [3.8, 4) is 5.75 Å². The molecule has 0 atom stereocenters. The molecule has 3 N–H and O–H groups in total. The highest BCUT2D eigenvalue weighted by atomic mass is 127. The van der Waals surface area contributed by atoms with Gasteiger partial charge < -0.3 is 20.7 Å². The van der Waals surface area contributed by atoms with Gasteiger partial charge in [0.1, 0.15) is 5.75 Å². The van der Waals surface area contributed by atoms with E-state index in [9.17, 15) is 4.79 Å². The molecule has 158 valence electrons. The standard InChI is InChI=1S/C21H27BrN4O2.HI/c1-14-5-7-16(19(11-14)28-4)13-25-21(23-3)24-10-9-20(27)26-18-12-17(22)8-6-15(18)2;/h5-8,11-12H,9-10,13H2,1-4H3,(H,26,27)(H2,23,24,25);1H. The van der Waals surface area contributed by atoms with Crippen LogP contribution in [0.4, 0.5) is 5.69 Å². The smallest absolute Gasteiger partial charge is 0.226 e. The summed E-state index contributed by atoms with van der Waals surface area (Å²) in [7, 11) is 3.36. The Balaban J connectivity index is 0.00000420. The number of rotatable bonds is 7. The molecule has 0 unspecified atom stereocenters. The fourth-order valence-electron chi connectivity index (χ4n) is 2.63. The number of aliphatic imine (C=N–C) groups is 1. The molecule has 2 rings (SSSR count). The van der Waals surface area contributed by atoms with Gasteiger partial charge in [-0.2, -0.15) is 0 Å². The lowest BCUT2D eigenvalue weighted by Gasteiger charge is -2.14. The van der Waals surface area contributed by atoms with Crippen molar-refractivity contribution in [2.45, 2.75) is 26.8 Å². The van der Waals surface area contributed by atoms with Crippen LogP contribution in [0.5, 0.6) is 5.75 Å². The van der Waals surface area contributed by atoms with Gasteiger partial charge in [-0.1, -0.05) is 34.1 Å². The first-order chi connectivity index (χ1) is 13.4. The normalized spacial score (nSPS) is 10.7. The number of carbonyl (C=O) groups is 1. The average Bonchev–Trinajstić information content (AvgIpc) is 2.68. The molecule has 0 saturated carbocycles. The van der Waals surface area contributed by atoms with Crippen molar-refractivity contribution in [1.29, 1.82) is 0 Å². The minimum Gasteiger partial charge on any atom is -0.496 e. The molecule has 0 aliphatic heterocycles. The maximum absolute atomic E-state index is 12.2. The third kappa shape index (κ3) is 8.22. The number of hydrogen-bond donors (Lipinski definition) is 3. The number of benzene rings is 2. The highest BCUT2D eigenvalue weighted by molar-refractivity contribution is 14.0. The monoisotopic (exact) mass is 574 g/mol. The van der Waals surface area contributed by atoms with E-state index in [0.29, 0.717) is 25.5 Å². The third-order valence-electron chi connectivity index (χ3n) is 4.23. The molecule has 2 aromatic carbocycles. The van der Waals surface area contributed by atoms with E-state index in [0.717, 1.165) is 32.6 Å². The number of ether oxygens (including phenoxy) is 1. The summed E-state index contributed by atoms with van der Waals surface area (Å²) in [5, 5.41) is 9.34. The first-order valence-corrected chi connectivity index (χ1v) is 9.86. The summed E-state index contributed by atoms with van der Waals surface area (Å²) in [5.41, 5.74) is 4.02. The second kappa shape index (κ2) is 12.7. The summed E-state index contributed by atoms with van der Waals surface area (Å²) in [6.07, 6.45) is 0.334. The number of aryl methyl sites for hydroxylation is 2. The number of halogens is 2.